The van der Waals surface area contributed by atoms with Crippen LogP contribution in [0.2, 0.25) is 5.02 Å². The molecule has 0 fully saturated rings. The standard InChI is InChI=1S/C19H15ClN2O3S/c1-25-16-8-7-14(11-15(16)20)21-18(23)12-4-2-5-13(10-12)22-19(24)17-6-3-9-26-17/h2-11H,1H3,(H,21,23)(H,22,24). The normalized spacial score (nSPS) is 10.2. The Balaban J connectivity index is 1.72. The lowest BCUT2D eigenvalue weighted by Gasteiger charge is -2.09. The first-order valence-electron chi connectivity index (χ1n) is 7.66. The van der Waals surface area contributed by atoms with Crippen LogP contribution in [-0.2, 0) is 0 Å². The molecule has 0 saturated carbocycles. The van der Waals surface area contributed by atoms with Crippen LogP contribution in [0.1, 0.15) is 20.0 Å². The molecular weight excluding hydrogens is 372 g/mol. The van der Waals surface area contributed by atoms with E-state index in [9.17, 15) is 9.59 Å². The van der Waals surface area contributed by atoms with Gasteiger partial charge in [-0.1, -0.05) is 23.7 Å². The van der Waals surface area contributed by atoms with E-state index in [1.165, 1.54) is 18.4 Å². The number of benzene rings is 2. The van der Waals surface area contributed by atoms with Crippen LogP contribution in [-0.4, -0.2) is 18.9 Å². The van der Waals surface area contributed by atoms with Crippen molar-refractivity contribution in [1.29, 1.82) is 0 Å². The minimum Gasteiger partial charge on any atom is -0.495 e. The number of anilines is 2. The van der Waals surface area contributed by atoms with Crippen molar-refractivity contribution in [3.63, 3.8) is 0 Å². The first-order chi connectivity index (χ1) is 12.6. The maximum Gasteiger partial charge on any atom is 0.265 e. The number of thiophene rings is 1. The predicted octanol–water partition coefficient (Wildman–Crippen LogP) is 4.91. The summed E-state index contributed by atoms with van der Waals surface area (Å²) in [6.07, 6.45) is 0. The summed E-state index contributed by atoms with van der Waals surface area (Å²) in [4.78, 5) is 25.2. The number of hydrogen-bond donors (Lipinski definition) is 2. The average Bonchev–Trinajstić information content (AvgIpc) is 3.17. The van der Waals surface area contributed by atoms with E-state index in [2.05, 4.69) is 10.6 Å². The van der Waals surface area contributed by atoms with Crippen molar-refractivity contribution in [2.24, 2.45) is 0 Å². The highest BCUT2D eigenvalue weighted by atomic mass is 35.5. The van der Waals surface area contributed by atoms with Crippen molar-refractivity contribution in [2.45, 2.75) is 0 Å². The van der Waals surface area contributed by atoms with Crippen LogP contribution in [0.15, 0.2) is 60.0 Å². The molecule has 0 aliphatic heterocycles. The van der Waals surface area contributed by atoms with Gasteiger partial charge in [-0.2, -0.15) is 0 Å². The molecule has 2 amide bonds. The third-order valence-electron chi connectivity index (χ3n) is 3.54. The first kappa shape index (κ1) is 18.0. The molecule has 5 nitrogen and oxygen atoms in total. The monoisotopic (exact) mass is 386 g/mol. The Morgan fingerprint density at radius 1 is 0.962 bits per heavy atom. The summed E-state index contributed by atoms with van der Waals surface area (Å²) in [5.74, 6) is 0.0147. The summed E-state index contributed by atoms with van der Waals surface area (Å²) in [7, 11) is 1.52. The maximum absolute atomic E-state index is 12.5. The number of methoxy groups -OCH3 is 1. The van der Waals surface area contributed by atoms with Crippen molar-refractivity contribution >= 4 is 46.1 Å². The molecule has 2 aromatic carbocycles. The van der Waals surface area contributed by atoms with Gasteiger partial charge in [0.15, 0.2) is 0 Å². The number of halogens is 1. The van der Waals surface area contributed by atoms with Crippen LogP contribution < -0.4 is 15.4 Å². The van der Waals surface area contributed by atoms with E-state index in [4.69, 9.17) is 16.3 Å². The Morgan fingerprint density at radius 3 is 2.42 bits per heavy atom. The molecule has 0 atom stereocenters. The summed E-state index contributed by atoms with van der Waals surface area (Å²) in [6, 6.07) is 15.3. The smallest absolute Gasteiger partial charge is 0.265 e. The van der Waals surface area contributed by atoms with Crippen LogP contribution in [0, 0.1) is 0 Å². The van der Waals surface area contributed by atoms with Gasteiger partial charge in [0.05, 0.1) is 17.0 Å². The summed E-state index contributed by atoms with van der Waals surface area (Å²) in [5.41, 5.74) is 1.51. The zero-order chi connectivity index (χ0) is 18.5. The van der Waals surface area contributed by atoms with E-state index in [0.29, 0.717) is 32.6 Å². The lowest BCUT2D eigenvalue weighted by atomic mass is 10.1. The van der Waals surface area contributed by atoms with Gasteiger partial charge in [-0.25, -0.2) is 0 Å². The van der Waals surface area contributed by atoms with E-state index >= 15 is 0 Å². The molecular formula is C19H15ClN2O3S. The number of hydrogen-bond acceptors (Lipinski definition) is 4. The van der Waals surface area contributed by atoms with Crippen molar-refractivity contribution in [1.82, 2.24) is 0 Å². The van der Waals surface area contributed by atoms with E-state index < -0.39 is 0 Å². The van der Waals surface area contributed by atoms with E-state index in [1.54, 1.807) is 48.5 Å². The summed E-state index contributed by atoms with van der Waals surface area (Å²) < 4.78 is 5.09. The summed E-state index contributed by atoms with van der Waals surface area (Å²) in [6.45, 7) is 0. The zero-order valence-corrected chi connectivity index (χ0v) is 15.4. The second kappa shape index (κ2) is 8.03. The Kier molecular flexibility index (Phi) is 5.55. The van der Waals surface area contributed by atoms with Crippen molar-refractivity contribution in [2.75, 3.05) is 17.7 Å². The second-order valence-corrected chi connectivity index (χ2v) is 6.67. The molecule has 3 rings (SSSR count). The molecule has 0 aliphatic rings. The Bertz CT molecular complexity index is 942. The molecule has 26 heavy (non-hydrogen) atoms. The van der Waals surface area contributed by atoms with Gasteiger partial charge in [0.2, 0.25) is 0 Å². The molecule has 7 heteroatoms. The zero-order valence-electron chi connectivity index (χ0n) is 13.8. The van der Waals surface area contributed by atoms with Gasteiger partial charge >= 0.3 is 0 Å². The molecule has 0 spiro atoms. The minimum atomic E-state index is -0.307. The van der Waals surface area contributed by atoms with Gasteiger partial charge in [0.25, 0.3) is 11.8 Å². The molecule has 0 bridgehead atoms. The first-order valence-corrected chi connectivity index (χ1v) is 8.92. The third-order valence-corrected chi connectivity index (χ3v) is 4.70. The van der Waals surface area contributed by atoms with Crippen molar-refractivity contribution < 1.29 is 14.3 Å². The summed E-state index contributed by atoms with van der Waals surface area (Å²) in [5, 5.41) is 7.79. The fourth-order valence-electron chi connectivity index (χ4n) is 2.29. The third kappa shape index (κ3) is 4.22. The predicted molar refractivity (Wildman–Crippen MR) is 105 cm³/mol. The topological polar surface area (TPSA) is 67.4 Å². The molecule has 0 aliphatic carbocycles. The van der Waals surface area contributed by atoms with E-state index in [-0.39, 0.29) is 11.8 Å². The molecule has 3 aromatic rings. The van der Waals surface area contributed by atoms with Gasteiger partial charge in [-0.05, 0) is 47.8 Å². The number of carbonyl (C=O) groups is 2. The molecule has 0 saturated heterocycles. The van der Waals surface area contributed by atoms with Gasteiger partial charge < -0.3 is 15.4 Å². The minimum absolute atomic E-state index is 0.209. The number of rotatable bonds is 5. The molecule has 132 valence electrons. The molecule has 1 heterocycles. The largest absolute Gasteiger partial charge is 0.495 e. The van der Waals surface area contributed by atoms with E-state index in [0.717, 1.165) is 0 Å². The fourth-order valence-corrected chi connectivity index (χ4v) is 3.16. The molecule has 1 aromatic heterocycles. The number of nitrogens with one attached hydrogen (secondary N) is 2. The van der Waals surface area contributed by atoms with Crippen LogP contribution in [0.25, 0.3) is 0 Å². The van der Waals surface area contributed by atoms with Crippen LogP contribution in [0.5, 0.6) is 5.75 Å². The lowest BCUT2D eigenvalue weighted by molar-refractivity contribution is 0.101. The Hall–Kier alpha value is -2.83. The Labute approximate surface area is 159 Å². The SMILES string of the molecule is COc1ccc(NC(=O)c2cccc(NC(=O)c3cccs3)c2)cc1Cl. The maximum atomic E-state index is 12.5. The van der Waals surface area contributed by atoms with Gasteiger partial charge in [-0.15, -0.1) is 11.3 Å². The van der Waals surface area contributed by atoms with Crippen molar-refractivity contribution in [3.05, 3.63) is 75.4 Å². The second-order valence-electron chi connectivity index (χ2n) is 5.32. The van der Waals surface area contributed by atoms with Crippen LogP contribution in [0.3, 0.4) is 0 Å². The molecule has 0 radical (unpaired) electrons. The highest BCUT2D eigenvalue weighted by Gasteiger charge is 2.11. The van der Waals surface area contributed by atoms with Crippen LogP contribution >= 0.6 is 22.9 Å². The van der Waals surface area contributed by atoms with Gasteiger partial charge in [-0.3, -0.25) is 9.59 Å². The highest BCUT2D eigenvalue weighted by Crippen LogP contribution is 2.27. The van der Waals surface area contributed by atoms with Crippen LogP contribution in [0.4, 0.5) is 11.4 Å². The molecule has 2 N–H and O–H groups in total. The van der Waals surface area contributed by atoms with Gasteiger partial charge in [0, 0.05) is 16.9 Å². The number of carbonyl (C=O) groups excluding carboxylic acids is 2. The quantitative estimate of drug-likeness (QED) is 0.654. The highest BCUT2D eigenvalue weighted by molar-refractivity contribution is 7.12. The van der Waals surface area contributed by atoms with Gasteiger partial charge in [0.1, 0.15) is 5.75 Å². The number of ether oxygens (including phenoxy) is 1. The van der Waals surface area contributed by atoms with Crippen molar-refractivity contribution in [3.8, 4) is 5.75 Å². The lowest BCUT2D eigenvalue weighted by Crippen LogP contribution is -2.14. The number of amides is 2. The van der Waals surface area contributed by atoms with E-state index in [1.807, 2.05) is 11.4 Å². The average molecular weight is 387 g/mol. The molecule has 0 unspecified atom stereocenters. The fraction of sp³-hybridized carbons (Fsp3) is 0.0526. The summed E-state index contributed by atoms with van der Waals surface area (Å²) >= 11 is 7.42. The Morgan fingerprint density at radius 2 is 1.73 bits per heavy atom.